The Morgan fingerprint density at radius 2 is 1.88 bits per heavy atom. The molecule has 2 rings (SSSR count). The molecule has 90 valence electrons. The minimum Gasteiger partial charge on any atom is -0.304 e. The van der Waals surface area contributed by atoms with Crippen molar-refractivity contribution in [2.45, 2.75) is 25.9 Å². The van der Waals surface area contributed by atoms with E-state index >= 15 is 0 Å². The van der Waals surface area contributed by atoms with E-state index in [0.29, 0.717) is 6.04 Å². The number of thiophene rings is 1. The fourth-order valence-electron chi connectivity index (χ4n) is 1.91. The molecule has 0 bridgehead atoms. The number of nitrogens with one attached hydrogen (secondary N) is 1. The SMILES string of the molecule is CC(N[C@@H](C)c1ccccc1Cl)c1ccsc1. The molecule has 1 N–H and O–H groups in total. The highest BCUT2D eigenvalue weighted by Crippen LogP contribution is 2.25. The summed E-state index contributed by atoms with van der Waals surface area (Å²) in [6, 6.07) is 10.7. The van der Waals surface area contributed by atoms with Crippen LogP contribution in [0.3, 0.4) is 0 Å². The molecule has 0 radical (unpaired) electrons. The van der Waals surface area contributed by atoms with Crippen LogP contribution in [0.2, 0.25) is 5.02 Å². The third-order valence-electron chi connectivity index (χ3n) is 2.91. The molecule has 2 atom stereocenters. The summed E-state index contributed by atoms with van der Waals surface area (Å²) in [7, 11) is 0. The molecule has 2 aromatic rings. The van der Waals surface area contributed by atoms with Crippen LogP contribution in [0, 0.1) is 0 Å². The number of hydrogen-bond donors (Lipinski definition) is 1. The van der Waals surface area contributed by atoms with Gasteiger partial charge in [-0.2, -0.15) is 11.3 Å². The van der Waals surface area contributed by atoms with Gasteiger partial charge in [0.05, 0.1) is 0 Å². The number of hydrogen-bond acceptors (Lipinski definition) is 2. The van der Waals surface area contributed by atoms with Crippen LogP contribution in [0.5, 0.6) is 0 Å². The Labute approximate surface area is 111 Å². The van der Waals surface area contributed by atoms with Crippen molar-refractivity contribution in [1.82, 2.24) is 5.32 Å². The molecule has 0 saturated heterocycles. The van der Waals surface area contributed by atoms with Crippen molar-refractivity contribution in [1.29, 1.82) is 0 Å². The lowest BCUT2D eigenvalue weighted by atomic mass is 10.1. The predicted octanol–water partition coefficient (Wildman–Crippen LogP) is 4.81. The Hall–Kier alpha value is -0.830. The summed E-state index contributed by atoms with van der Waals surface area (Å²) in [6.07, 6.45) is 0. The van der Waals surface area contributed by atoms with Crippen molar-refractivity contribution in [3.05, 3.63) is 57.2 Å². The summed E-state index contributed by atoms with van der Waals surface area (Å²) < 4.78 is 0. The van der Waals surface area contributed by atoms with Crippen LogP contribution < -0.4 is 5.32 Å². The lowest BCUT2D eigenvalue weighted by molar-refractivity contribution is 0.496. The van der Waals surface area contributed by atoms with E-state index in [0.717, 1.165) is 10.6 Å². The maximum absolute atomic E-state index is 6.19. The third-order valence-corrected chi connectivity index (χ3v) is 3.96. The second kappa shape index (κ2) is 5.67. The van der Waals surface area contributed by atoms with Gasteiger partial charge in [0, 0.05) is 17.1 Å². The van der Waals surface area contributed by atoms with Crippen LogP contribution in [-0.4, -0.2) is 0 Å². The van der Waals surface area contributed by atoms with E-state index in [-0.39, 0.29) is 6.04 Å². The summed E-state index contributed by atoms with van der Waals surface area (Å²) in [6.45, 7) is 4.32. The summed E-state index contributed by atoms with van der Waals surface area (Å²) in [5, 5.41) is 8.67. The van der Waals surface area contributed by atoms with Crippen molar-refractivity contribution in [2.24, 2.45) is 0 Å². The number of rotatable bonds is 4. The van der Waals surface area contributed by atoms with Crippen molar-refractivity contribution < 1.29 is 0 Å². The molecule has 0 aliphatic carbocycles. The summed E-state index contributed by atoms with van der Waals surface area (Å²) in [5.41, 5.74) is 2.48. The Bertz CT molecular complexity index is 467. The lowest BCUT2D eigenvalue weighted by Crippen LogP contribution is -2.22. The summed E-state index contributed by atoms with van der Waals surface area (Å²) in [5.74, 6) is 0. The molecular weight excluding hydrogens is 250 g/mol. The molecule has 0 aliphatic rings. The first-order chi connectivity index (χ1) is 8.18. The van der Waals surface area contributed by atoms with Gasteiger partial charge in [-0.05, 0) is 47.9 Å². The van der Waals surface area contributed by atoms with E-state index in [9.17, 15) is 0 Å². The van der Waals surface area contributed by atoms with E-state index in [2.05, 4.69) is 42.1 Å². The molecule has 0 aliphatic heterocycles. The van der Waals surface area contributed by atoms with Crippen LogP contribution in [0.15, 0.2) is 41.1 Å². The van der Waals surface area contributed by atoms with E-state index < -0.39 is 0 Å². The molecule has 1 unspecified atom stereocenters. The van der Waals surface area contributed by atoms with Gasteiger partial charge >= 0.3 is 0 Å². The molecule has 0 spiro atoms. The van der Waals surface area contributed by atoms with Crippen molar-refractivity contribution >= 4 is 22.9 Å². The fourth-order valence-corrected chi connectivity index (χ4v) is 2.96. The molecule has 0 saturated carbocycles. The van der Waals surface area contributed by atoms with Crippen LogP contribution >= 0.6 is 22.9 Å². The van der Waals surface area contributed by atoms with E-state index in [1.165, 1.54) is 5.56 Å². The third kappa shape index (κ3) is 3.09. The topological polar surface area (TPSA) is 12.0 Å². The highest BCUT2D eigenvalue weighted by Gasteiger charge is 2.13. The minimum absolute atomic E-state index is 0.249. The van der Waals surface area contributed by atoms with Gasteiger partial charge in [-0.15, -0.1) is 0 Å². The molecule has 0 amide bonds. The number of benzene rings is 1. The number of halogens is 1. The molecule has 1 aromatic heterocycles. The molecule has 1 heterocycles. The van der Waals surface area contributed by atoms with Gasteiger partial charge in [0.2, 0.25) is 0 Å². The lowest BCUT2D eigenvalue weighted by Gasteiger charge is -2.20. The zero-order chi connectivity index (χ0) is 12.3. The Morgan fingerprint density at radius 3 is 2.53 bits per heavy atom. The normalized spacial score (nSPS) is 14.5. The molecule has 3 heteroatoms. The zero-order valence-electron chi connectivity index (χ0n) is 9.98. The standard InChI is InChI=1S/C14H16ClNS/c1-10(12-7-8-17-9-12)16-11(2)13-5-3-4-6-14(13)15/h3-11,16H,1-2H3/t10?,11-/m0/s1. The van der Waals surface area contributed by atoms with Crippen LogP contribution in [0.1, 0.15) is 37.1 Å². The smallest absolute Gasteiger partial charge is 0.0453 e. The summed E-state index contributed by atoms with van der Waals surface area (Å²) >= 11 is 7.92. The fraction of sp³-hybridized carbons (Fsp3) is 0.286. The molecule has 0 fully saturated rings. The zero-order valence-corrected chi connectivity index (χ0v) is 11.6. The van der Waals surface area contributed by atoms with Crippen molar-refractivity contribution in [2.75, 3.05) is 0 Å². The largest absolute Gasteiger partial charge is 0.304 e. The minimum atomic E-state index is 0.249. The van der Waals surface area contributed by atoms with Crippen molar-refractivity contribution in [3.8, 4) is 0 Å². The second-order valence-electron chi connectivity index (χ2n) is 4.19. The highest BCUT2D eigenvalue weighted by atomic mass is 35.5. The van der Waals surface area contributed by atoms with Crippen LogP contribution in [-0.2, 0) is 0 Å². The van der Waals surface area contributed by atoms with Gasteiger partial charge in [-0.25, -0.2) is 0 Å². The van der Waals surface area contributed by atoms with Crippen molar-refractivity contribution in [3.63, 3.8) is 0 Å². The Morgan fingerprint density at radius 1 is 1.12 bits per heavy atom. The van der Waals surface area contributed by atoms with Gasteiger partial charge in [0.15, 0.2) is 0 Å². The monoisotopic (exact) mass is 265 g/mol. The van der Waals surface area contributed by atoms with Gasteiger partial charge in [0.1, 0.15) is 0 Å². The quantitative estimate of drug-likeness (QED) is 0.836. The van der Waals surface area contributed by atoms with Crippen LogP contribution in [0.25, 0.3) is 0 Å². The highest BCUT2D eigenvalue weighted by molar-refractivity contribution is 7.07. The predicted molar refractivity (Wildman–Crippen MR) is 75.7 cm³/mol. The molecular formula is C14H16ClNS. The van der Waals surface area contributed by atoms with Gasteiger partial charge in [-0.3, -0.25) is 0 Å². The Kier molecular flexibility index (Phi) is 4.21. The van der Waals surface area contributed by atoms with Gasteiger partial charge < -0.3 is 5.32 Å². The van der Waals surface area contributed by atoms with Crippen LogP contribution in [0.4, 0.5) is 0 Å². The first-order valence-electron chi connectivity index (χ1n) is 5.71. The summed E-state index contributed by atoms with van der Waals surface area (Å²) in [4.78, 5) is 0. The molecule has 17 heavy (non-hydrogen) atoms. The maximum atomic E-state index is 6.19. The van der Waals surface area contributed by atoms with Gasteiger partial charge in [-0.1, -0.05) is 29.8 Å². The first-order valence-corrected chi connectivity index (χ1v) is 7.03. The van der Waals surface area contributed by atoms with Gasteiger partial charge in [0.25, 0.3) is 0 Å². The first kappa shape index (κ1) is 12.6. The van der Waals surface area contributed by atoms with E-state index in [1.807, 2.05) is 18.2 Å². The Balaban J connectivity index is 2.07. The molecule has 1 nitrogen and oxygen atoms in total. The average molecular weight is 266 g/mol. The second-order valence-corrected chi connectivity index (χ2v) is 5.38. The van der Waals surface area contributed by atoms with E-state index in [4.69, 9.17) is 11.6 Å². The molecule has 1 aromatic carbocycles. The average Bonchev–Trinajstić information content (AvgIpc) is 2.82. The van der Waals surface area contributed by atoms with E-state index in [1.54, 1.807) is 11.3 Å². The maximum Gasteiger partial charge on any atom is 0.0453 e.